The van der Waals surface area contributed by atoms with Gasteiger partial charge < -0.3 is 10.1 Å². The van der Waals surface area contributed by atoms with Gasteiger partial charge in [-0.3, -0.25) is 0 Å². The highest BCUT2D eigenvalue weighted by molar-refractivity contribution is 7.10. The van der Waals surface area contributed by atoms with Gasteiger partial charge in [0.1, 0.15) is 6.04 Å². The standard InChI is InChI=1S/C9H9NO3S/c1-5-2-3-14-7(5)4-6-8(11)13-9(12)10-6/h2-3,6H,4H2,1H3,(H,10,12). The first-order valence-electron chi connectivity index (χ1n) is 4.22. The number of amides is 1. The van der Waals surface area contributed by atoms with Crippen LogP contribution in [0.15, 0.2) is 11.4 Å². The fourth-order valence-corrected chi connectivity index (χ4v) is 2.28. The predicted octanol–water partition coefficient (Wildman–Crippen LogP) is 1.23. The second-order valence-electron chi connectivity index (χ2n) is 3.14. The molecule has 1 amide bonds. The summed E-state index contributed by atoms with van der Waals surface area (Å²) in [4.78, 5) is 23.0. The number of cyclic esters (lactones) is 2. The Morgan fingerprint density at radius 3 is 2.86 bits per heavy atom. The molecule has 1 aromatic heterocycles. The molecule has 0 aromatic carbocycles. The molecule has 0 radical (unpaired) electrons. The van der Waals surface area contributed by atoms with E-state index in [1.807, 2.05) is 18.4 Å². The average molecular weight is 211 g/mol. The lowest BCUT2D eigenvalue weighted by Crippen LogP contribution is -2.30. The minimum atomic E-state index is -0.644. The van der Waals surface area contributed by atoms with E-state index >= 15 is 0 Å². The van der Waals surface area contributed by atoms with Gasteiger partial charge >= 0.3 is 12.1 Å². The number of esters is 1. The number of carbonyl (C=O) groups excluding carboxylic acids is 2. The van der Waals surface area contributed by atoms with E-state index < -0.39 is 18.1 Å². The Morgan fingerprint density at radius 2 is 2.36 bits per heavy atom. The molecule has 2 rings (SSSR count). The number of hydrogen-bond acceptors (Lipinski definition) is 4. The van der Waals surface area contributed by atoms with Crippen LogP contribution in [0.1, 0.15) is 10.4 Å². The van der Waals surface area contributed by atoms with Gasteiger partial charge in [-0.2, -0.15) is 0 Å². The molecule has 1 unspecified atom stereocenters. The molecule has 74 valence electrons. The fraction of sp³-hybridized carbons (Fsp3) is 0.333. The topological polar surface area (TPSA) is 55.4 Å². The van der Waals surface area contributed by atoms with Crippen LogP contribution in [0.4, 0.5) is 4.79 Å². The third-order valence-corrected chi connectivity index (χ3v) is 3.17. The molecule has 0 spiro atoms. The van der Waals surface area contributed by atoms with Crippen LogP contribution in [0.2, 0.25) is 0 Å². The third kappa shape index (κ3) is 1.63. The summed E-state index contributed by atoms with van der Waals surface area (Å²) in [6, 6.07) is 1.47. The van der Waals surface area contributed by atoms with Crippen LogP contribution in [-0.4, -0.2) is 18.1 Å². The lowest BCUT2D eigenvalue weighted by Gasteiger charge is -2.03. The molecule has 1 N–H and O–H groups in total. The number of rotatable bonds is 2. The minimum absolute atomic E-state index is 0.484. The number of ether oxygens (including phenoxy) is 1. The summed E-state index contributed by atoms with van der Waals surface area (Å²) in [6.45, 7) is 1.98. The molecule has 1 aliphatic rings. The Hall–Kier alpha value is -1.36. The second-order valence-corrected chi connectivity index (χ2v) is 4.14. The summed E-state index contributed by atoms with van der Waals surface area (Å²) >= 11 is 1.58. The number of hydrogen-bond donors (Lipinski definition) is 1. The minimum Gasteiger partial charge on any atom is -0.375 e. The number of nitrogens with one attached hydrogen (secondary N) is 1. The molecule has 1 fully saturated rings. The van der Waals surface area contributed by atoms with Crippen molar-refractivity contribution in [2.45, 2.75) is 19.4 Å². The Bertz CT molecular complexity index is 385. The Labute approximate surface area is 84.9 Å². The van der Waals surface area contributed by atoms with Crippen molar-refractivity contribution in [3.8, 4) is 0 Å². The van der Waals surface area contributed by atoms with Gasteiger partial charge in [0.05, 0.1) is 0 Å². The summed E-state index contributed by atoms with van der Waals surface area (Å²) in [5, 5.41) is 4.43. The van der Waals surface area contributed by atoms with Gasteiger partial charge in [-0.15, -0.1) is 11.3 Å². The van der Waals surface area contributed by atoms with Crippen molar-refractivity contribution in [2.75, 3.05) is 0 Å². The molecule has 4 nitrogen and oxygen atoms in total. The van der Waals surface area contributed by atoms with Crippen LogP contribution in [0.5, 0.6) is 0 Å². The molecule has 0 aliphatic carbocycles. The SMILES string of the molecule is Cc1ccsc1CC1NC(=O)OC1=O. The lowest BCUT2D eigenvalue weighted by atomic mass is 10.1. The van der Waals surface area contributed by atoms with Gasteiger partial charge in [0.25, 0.3) is 0 Å². The van der Waals surface area contributed by atoms with Crippen LogP contribution in [-0.2, 0) is 16.0 Å². The molecule has 14 heavy (non-hydrogen) atoms. The van der Waals surface area contributed by atoms with E-state index in [2.05, 4.69) is 10.1 Å². The molecule has 1 aliphatic heterocycles. The molecule has 0 saturated carbocycles. The number of thiophene rings is 1. The van der Waals surface area contributed by atoms with E-state index in [9.17, 15) is 9.59 Å². The molecule has 2 heterocycles. The summed E-state index contributed by atoms with van der Waals surface area (Å²) in [6.07, 6.45) is -0.122. The third-order valence-electron chi connectivity index (χ3n) is 2.13. The van der Waals surface area contributed by atoms with E-state index in [0.717, 1.165) is 10.4 Å². The van der Waals surface area contributed by atoms with Gasteiger partial charge in [0.2, 0.25) is 0 Å². The normalized spacial score (nSPS) is 20.8. The maximum Gasteiger partial charge on any atom is 0.415 e. The summed E-state index contributed by atoms with van der Waals surface area (Å²) in [5.74, 6) is -0.484. The molecule has 0 bridgehead atoms. The van der Waals surface area contributed by atoms with Crippen molar-refractivity contribution in [3.63, 3.8) is 0 Å². The zero-order chi connectivity index (χ0) is 10.1. The lowest BCUT2D eigenvalue weighted by molar-refractivity contribution is -0.135. The first-order chi connectivity index (χ1) is 6.66. The largest absolute Gasteiger partial charge is 0.415 e. The van der Waals surface area contributed by atoms with Gasteiger partial charge in [-0.1, -0.05) is 0 Å². The Morgan fingerprint density at radius 1 is 1.57 bits per heavy atom. The summed E-state index contributed by atoms with van der Waals surface area (Å²) < 4.78 is 4.38. The molecular weight excluding hydrogens is 202 g/mol. The van der Waals surface area contributed by atoms with Crippen LogP contribution >= 0.6 is 11.3 Å². The summed E-state index contributed by atoms with van der Waals surface area (Å²) in [7, 11) is 0. The molecule has 1 aromatic rings. The van der Waals surface area contributed by atoms with Crippen molar-refractivity contribution >= 4 is 23.4 Å². The maximum atomic E-state index is 11.1. The fourth-order valence-electron chi connectivity index (χ4n) is 1.33. The molecular formula is C9H9NO3S. The van der Waals surface area contributed by atoms with Crippen LogP contribution < -0.4 is 5.32 Å². The molecule has 1 saturated heterocycles. The van der Waals surface area contributed by atoms with Crippen LogP contribution in [0.3, 0.4) is 0 Å². The first-order valence-corrected chi connectivity index (χ1v) is 5.10. The van der Waals surface area contributed by atoms with Crippen molar-refractivity contribution in [3.05, 3.63) is 21.9 Å². The Kier molecular flexibility index (Phi) is 2.25. The zero-order valence-corrected chi connectivity index (χ0v) is 8.39. The quantitative estimate of drug-likeness (QED) is 0.591. The van der Waals surface area contributed by atoms with Gasteiger partial charge in [0.15, 0.2) is 0 Å². The van der Waals surface area contributed by atoms with Crippen molar-refractivity contribution in [2.24, 2.45) is 0 Å². The van der Waals surface area contributed by atoms with Crippen LogP contribution in [0.25, 0.3) is 0 Å². The van der Waals surface area contributed by atoms with Crippen molar-refractivity contribution in [1.82, 2.24) is 5.32 Å². The zero-order valence-electron chi connectivity index (χ0n) is 7.57. The highest BCUT2D eigenvalue weighted by atomic mass is 32.1. The van der Waals surface area contributed by atoms with Gasteiger partial charge in [-0.25, -0.2) is 9.59 Å². The van der Waals surface area contributed by atoms with Crippen molar-refractivity contribution in [1.29, 1.82) is 0 Å². The van der Waals surface area contributed by atoms with E-state index in [1.54, 1.807) is 11.3 Å². The van der Waals surface area contributed by atoms with Gasteiger partial charge in [0, 0.05) is 11.3 Å². The first kappa shape index (κ1) is 9.21. The number of alkyl carbamates (subject to hydrolysis) is 1. The van der Waals surface area contributed by atoms with E-state index in [1.165, 1.54) is 0 Å². The van der Waals surface area contributed by atoms with E-state index in [4.69, 9.17) is 0 Å². The number of carbonyl (C=O) groups is 2. The average Bonchev–Trinajstić information content (AvgIpc) is 2.62. The Balaban J connectivity index is 2.09. The predicted molar refractivity (Wildman–Crippen MR) is 51.2 cm³/mol. The second kappa shape index (κ2) is 3.42. The summed E-state index contributed by atoms with van der Waals surface area (Å²) in [5.41, 5.74) is 1.14. The van der Waals surface area contributed by atoms with E-state index in [0.29, 0.717) is 6.42 Å². The number of aryl methyl sites for hydroxylation is 1. The monoisotopic (exact) mass is 211 g/mol. The molecule has 1 atom stereocenters. The highest BCUT2D eigenvalue weighted by Crippen LogP contribution is 2.19. The van der Waals surface area contributed by atoms with Crippen molar-refractivity contribution < 1.29 is 14.3 Å². The molecule has 5 heteroatoms. The highest BCUT2D eigenvalue weighted by Gasteiger charge is 2.32. The maximum absolute atomic E-state index is 11.1. The van der Waals surface area contributed by atoms with Crippen LogP contribution in [0, 0.1) is 6.92 Å². The van der Waals surface area contributed by atoms with E-state index in [-0.39, 0.29) is 0 Å². The van der Waals surface area contributed by atoms with Gasteiger partial charge in [-0.05, 0) is 23.9 Å². The smallest absolute Gasteiger partial charge is 0.375 e.